The van der Waals surface area contributed by atoms with Gasteiger partial charge in [0.25, 0.3) is 0 Å². The van der Waals surface area contributed by atoms with Gasteiger partial charge in [0, 0.05) is 17.4 Å². The Morgan fingerprint density at radius 1 is 1.00 bits per heavy atom. The first kappa shape index (κ1) is 23.9. The topological polar surface area (TPSA) is 158 Å². The SMILES string of the molecule is NC(CSC(C=CC=CC=CCC(=O)O)C(O)CCCC(=O)O)C(=O)O. The summed E-state index contributed by atoms with van der Waals surface area (Å²) >= 11 is 1.18. The average Bonchev–Trinajstić information content (AvgIpc) is 2.55. The summed E-state index contributed by atoms with van der Waals surface area (Å²) < 4.78 is 0. The van der Waals surface area contributed by atoms with Crippen molar-refractivity contribution >= 4 is 29.7 Å². The molecule has 0 aromatic heterocycles. The second kappa shape index (κ2) is 14.1. The minimum atomic E-state index is -1.14. The molecule has 0 radical (unpaired) electrons. The number of nitrogens with two attached hydrogens (primary N) is 1. The molecule has 0 amide bonds. The van der Waals surface area contributed by atoms with Crippen molar-refractivity contribution in [2.24, 2.45) is 5.73 Å². The molecule has 9 heteroatoms. The van der Waals surface area contributed by atoms with Gasteiger partial charge in [0.15, 0.2) is 0 Å². The first-order valence-electron chi connectivity index (χ1n) is 7.95. The van der Waals surface area contributed by atoms with Gasteiger partial charge < -0.3 is 26.2 Å². The quantitative estimate of drug-likeness (QED) is 0.277. The van der Waals surface area contributed by atoms with Crippen molar-refractivity contribution in [3.05, 3.63) is 36.5 Å². The Kier molecular flexibility index (Phi) is 13.0. The molecule has 0 aromatic rings. The zero-order valence-electron chi connectivity index (χ0n) is 14.2. The van der Waals surface area contributed by atoms with Crippen LogP contribution in [-0.4, -0.2) is 61.5 Å². The lowest BCUT2D eigenvalue weighted by Crippen LogP contribution is -2.34. The highest BCUT2D eigenvalue weighted by atomic mass is 32.2. The summed E-state index contributed by atoms with van der Waals surface area (Å²) in [6.07, 6.45) is 9.24. The summed E-state index contributed by atoms with van der Waals surface area (Å²) in [5.41, 5.74) is 5.46. The molecule has 0 fully saturated rings. The highest BCUT2D eigenvalue weighted by Crippen LogP contribution is 2.21. The molecule has 0 aromatic carbocycles. The van der Waals surface area contributed by atoms with E-state index in [1.807, 2.05) is 0 Å². The molecule has 0 aliphatic carbocycles. The van der Waals surface area contributed by atoms with Gasteiger partial charge in [-0.05, 0) is 12.8 Å². The monoisotopic (exact) mass is 387 g/mol. The predicted octanol–water partition coefficient (Wildman–Crippen LogP) is 1.26. The Bertz CT molecular complexity index is 545. The summed E-state index contributed by atoms with van der Waals surface area (Å²) in [6, 6.07) is -1.06. The smallest absolute Gasteiger partial charge is 0.321 e. The van der Waals surface area contributed by atoms with Gasteiger partial charge in [-0.1, -0.05) is 36.5 Å². The highest BCUT2D eigenvalue weighted by Gasteiger charge is 2.20. The van der Waals surface area contributed by atoms with E-state index in [4.69, 9.17) is 21.1 Å². The summed E-state index contributed by atoms with van der Waals surface area (Å²) in [6.45, 7) is 0. The normalized spacial score (nSPS) is 15.5. The second-order valence-corrected chi connectivity index (χ2v) is 6.60. The number of hydrogen-bond donors (Lipinski definition) is 5. The first-order valence-corrected chi connectivity index (χ1v) is 9.00. The van der Waals surface area contributed by atoms with E-state index < -0.39 is 35.3 Å². The van der Waals surface area contributed by atoms with E-state index in [0.717, 1.165) is 0 Å². The van der Waals surface area contributed by atoms with Crippen LogP contribution in [0.2, 0.25) is 0 Å². The largest absolute Gasteiger partial charge is 0.481 e. The molecule has 0 bridgehead atoms. The molecule has 8 nitrogen and oxygen atoms in total. The molecule has 146 valence electrons. The van der Waals surface area contributed by atoms with Crippen molar-refractivity contribution in [1.82, 2.24) is 0 Å². The Morgan fingerprint density at radius 3 is 2.23 bits per heavy atom. The number of allylic oxidation sites excluding steroid dienone is 4. The summed E-state index contributed by atoms with van der Waals surface area (Å²) in [7, 11) is 0. The number of aliphatic hydroxyl groups excluding tert-OH is 1. The average molecular weight is 387 g/mol. The number of rotatable bonds is 14. The van der Waals surface area contributed by atoms with E-state index in [9.17, 15) is 19.5 Å². The Balaban J connectivity index is 4.68. The van der Waals surface area contributed by atoms with Gasteiger partial charge in [0.1, 0.15) is 6.04 Å². The van der Waals surface area contributed by atoms with E-state index in [1.165, 1.54) is 17.8 Å². The number of aliphatic hydroxyl groups is 1. The Morgan fingerprint density at radius 2 is 1.65 bits per heavy atom. The fourth-order valence-electron chi connectivity index (χ4n) is 1.76. The number of hydrogen-bond acceptors (Lipinski definition) is 6. The summed E-state index contributed by atoms with van der Waals surface area (Å²) in [5, 5.41) is 35.7. The molecule has 0 saturated carbocycles. The van der Waals surface area contributed by atoms with Crippen LogP contribution < -0.4 is 5.73 Å². The third-order valence-electron chi connectivity index (χ3n) is 3.12. The van der Waals surface area contributed by atoms with Gasteiger partial charge >= 0.3 is 17.9 Å². The molecule has 0 aliphatic heterocycles. The summed E-state index contributed by atoms with van der Waals surface area (Å²) in [5.74, 6) is -2.91. The van der Waals surface area contributed by atoms with Crippen LogP contribution in [0.4, 0.5) is 0 Å². The van der Waals surface area contributed by atoms with Crippen LogP contribution in [0.3, 0.4) is 0 Å². The third-order valence-corrected chi connectivity index (χ3v) is 4.53. The fraction of sp³-hybridized carbons (Fsp3) is 0.471. The molecule has 0 aliphatic rings. The van der Waals surface area contributed by atoms with Crippen molar-refractivity contribution in [3.63, 3.8) is 0 Å². The van der Waals surface area contributed by atoms with Gasteiger partial charge in [0.05, 0.1) is 12.5 Å². The lowest BCUT2D eigenvalue weighted by Gasteiger charge is -2.20. The number of carbonyl (C=O) groups is 3. The predicted molar refractivity (Wildman–Crippen MR) is 99.0 cm³/mol. The zero-order valence-corrected chi connectivity index (χ0v) is 15.0. The van der Waals surface area contributed by atoms with E-state index in [0.29, 0.717) is 6.42 Å². The maximum atomic E-state index is 10.8. The molecule has 0 heterocycles. The lowest BCUT2D eigenvalue weighted by molar-refractivity contribution is -0.138. The number of thioether (sulfide) groups is 1. The van der Waals surface area contributed by atoms with Crippen LogP contribution in [0.15, 0.2) is 36.5 Å². The van der Waals surface area contributed by atoms with Crippen LogP contribution >= 0.6 is 11.8 Å². The van der Waals surface area contributed by atoms with E-state index in [2.05, 4.69) is 0 Å². The molecule has 0 saturated heterocycles. The van der Waals surface area contributed by atoms with Crippen LogP contribution in [0.25, 0.3) is 0 Å². The van der Waals surface area contributed by atoms with E-state index >= 15 is 0 Å². The van der Waals surface area contributed by atoms with Gasteiger partial charge in [-0.15, -0.1) is 11.8 Å². The minimum Gasteiger partial charge on any atom is -0.481 e. The van der Waals surface area contributed by atoms with Gasteiger partial charge in [-0.2, -0.15) is 0 Å². The van der Waals surface area contributed by atoms with Crippen LogP contribution in [0.5, 0.6) is 0 Å². The minimum absolute atomic E-state index is 0.0545. The highest BCUT2D eigenvalue weighted by molar-refractivity contribution is 8.00. The molecule has 0 spiro atoms. The molecule has 3 atom stereocenters. The lowest BCUT2D eigenvalue weighted by atomic mass is 10.1. The van der Waals surface area contributed by atoms with Crippen LogP contribution in [0, 0.1) is 0 Å². The maximum Gasteiger partial charge on any atom is 0.321 e. The molecule has 3 unspecified atom stereocenters. The van der Waals surface area contributed by atoms with Gasteiger partial charge in [-0.3, -0.25) is 14.4 Å². The molecular weight excluding hydrogens is 362 g/mol. The third kappa shape index (κ3) is 13.2. The molecule has 6 N–H and O–H groups in total. The van der Waals surface area contributed by atoms with Crippen LogP contribution in [-0.2, 0) is 14.4 Å². The standard InChI is InChI=1S/C17H25NO7S/c18-12(17(24)25)11-26-14(13(19)7-6-10-16(22)23)8-4-2-1-3-5-9-15(20)21/h1-5,8,12-14,19H,6-7,9-11,18H2,(H,20,21)(H,22,23)(H,24,25). The fourth-order valence-corrected chi connectivity index (χ4v) is 2.89. The van der Waals surface area contributed by atoms with Crippen molar-refractivity contribution in [2.45, 2.75) is 43.1 Å². The maximum absolute atomic E-state index is 10.8. The van der Waals surface area contributed by atoms with Gasteiger partial charge in [0.2, 0.25) is 0 Å². The van der Waals surface area contributed by atoms with Crippen molar-refractivity contribution in [1.29, 1.82) is 0 Å². The van der Waals surface area contributed by atoms with Crippen molar-refractivity contribution in [2.75, 3.05) is 5.75 Å². The number of carboxylic acids is 3. The summed E-state index contributed by atoms with van der Waals surface area (Å²) in [4.78, 5) is 31.7. The van der Waals surface area contributed by atoms with Crippen LogP contribution in [0.1, 0.15) is 25.7 Å². The van der Waals surface area contributed by atoms with Gasteiger partial charge in [-0.25, -0.2) is 0 Å². The Hall–Kier alpha value is -2.10. The Labute approximate surface area is 156 Å². The van der Waals surface area contributed by atoms with Crippen molar-refractivity contribution < 1.29 is 34.8 Å². The molecule has 0 rings (SSSR count). The zero-order chi connectivity index (χ0) is 19.9. The second-order valence-electron chi connectivity index (χ2n) is 5.39. The van der Waals surface area contributed by atoms with E-state index in [1.54, 1.807) is 30.4 Å². The molecule has 26 heavy (non-hydrogen) atoms. The number of aliphatic carboxylic acids is 3. The van der Waals surface area contributed by atoms with Crippen molar-refractivity contribution in [3.8, 4) is 0 Å². The molecular formula is C17H25NO7S. The van der Waals surface area contributed by atoms with E-state index in [-0.39, 0.29) is 25.0 Å². The number of carboxylic acid groups (broad SMARTS) is 3. The first-order chi connectivity index (χ1) is 12.2.